The fraction of sp³-hybridized carbons (Fsp3) is 0.333. The van der Waals surface area contributed by atoms with Crippen molar-refractivity contribution in [3.8, 4) is 0 Å². The van der Waals surface area contributed by atoms with Gasteiger partial charge in [0, 0.05) is 19.2 Å². The summed E-state index contributed by atoms with van der Waals surface area (Å²) in [7, 11) is 1.48. The van der Waals surface area contributed by atoms with E-state index in [1.165, 1.54) is 24.1 Å². The van der Waals surface area contributed by atoms with Crippen LogP contribution in [0.3, 0.4) is 0 Å². The summed E-state index contributed by atoms with van der Waals surface area (Å²) in [5.41, 5.74) is 0.598. The molecule has 24 heavy (non-hydrogen) atoms. The van der Waals surface area contributed by atoms with Gasteiger partial charge in [0.05, 0.1) is 18.1 Å². The van der Waals surface area contributed by atoms with Crippen LogP contribution in [0.5, 0.6) is 0 Å². The second kappa shape index (κ2) is 7.87. The first-order chi connectivity index (χ1) is 11.4. The first-order valence-corrected chi connectivity index (χ1v) is 7.52. The zero-order chi connectivity index (χ0) is 17.7. The summed E-state index contributed by atoms with van der Waals surface area (Å²) in [6.07, 6.45) is 0.204. The van der Waals surface area contributed by atoms with Crippen molar-refractivity contribution in [1.82, 2.24) is 10.3 Å². The van der Waals surface area contributed by atoms with Crippen LogP contribution in [0.25, 0.3) is 0 Å². The summed E-state index contributed by atoms with van der Waals surface area (Å²) < 4.78 is 22.6. The maximum atomic E-state index is 13.2. The smallest absolute Gasteiger partial charge is 0.306 e. The minimum Gasteiger partial charge on any atom is -0.466 e. The van der Waals surface area contributed by atoms with E-state index < -0.39 is 17.7 Å². The van der Waals surface area contributed by atoms with Gasteiger partial charge in [-0.05, 0) is 30.3 Å². The molecule has 9 heteroatoms. The second-order valence-corrected chi connectivity index (χ2v) is 5.23. The average molecular weight is 356 g/mol. The fourth-order valence-electron chi connectivity index (χ4n) is 1.96. The van der Waals surface area contributed by atoms with E-state index in [1.54, 1.807) is 6.92 Å². The van der Waals surface area contributed by atoms with Crippen molar-refractivity contribution in [1.29, 1.82) is 0 Å². The van der Waals surface area contributed by atoms with Crippen LogP contribution in [0.2, 0.25) is 5.02 Å². The Morgan fingerprint density at radius 1 is 1.38 bits per heavy atom. The third-order valence-corrected chi connectivity index (χ3v) is 3.52. The number of esters is 1. The van der Waals surface area contributed by atoms with Crippen LogP contribution in [0.4, 0.5) is 10.1 Å². The van der Waals surface area contributed by atoms with Gasteiger partial charge in [-0.1, -0.05) is 16.8 Å². The van der Waals surface area contributed by atoms with Crippen LogP contribution in [0, 0.1) is 5.82 Å². The maximum Gasteiger partial charge on any atom is 0.306 e. The highest BCUT2D eigenvalue weighted by molar-refractivity contribution is 6.31. The first kappa shape index (κ1) is 17.9. The molecule has 1 heterocycles. The molecule has 0 aliphatic rings. The molecular weight excluding hydrogens is 341 g/mol. The Labute approximate surface area is 142 Å². The number of benzene rings is 1. The van der Waals surface area contributed by atoms with Gasteiger partial charge in [-0.15, -0.1) is 0 Å². The molecule has 0 unspecified atom stereocenters. The molecule has 0 fully saturated rings. The quantitative estimate of drug-likeness (QED) is 0.740. The average Bonchev–Trinajstić information content (AvgIpc) is 3.03. The van der Waals surface area contributed by atoms with E-state index >= 15 is 0 Å². The van der Waals surface area contributed by atoms with Gasteiger partial charge in [0.1, 0.15) is 11.5 Å². The lowest BCUT2D eigenvalue weighted by atomic mass is 10.2. The molecule has 0 N–H and O–H groups in total. The highest BCUT2D eigenvalue weighted by Crippen LogP contribution is 2.23. The van der Waals surface area contributed by atoms with Gasteiger partial charge in [0.2, 0.25) is 0 Å². The second-order valence-electron chi connectivity index (χ2n) is 4.83. The molecule has 7 nitrogen and oxygen atoms in total. The number of anilines is 1. The number of carbonyl (C=O) groups excluding carboxylic acids is 2. The monoisotopic (exact) mass is 355 g/mol. The lowest BCUT2D eigenvalue weighted by Crippen LogP contribution is -2.27. The van der Waals surface area contributed by atoms with E-state index in [0.29, 0.717) is 5.69 Å². The molecular formula is C15H15ClFN3O4. The van der Waals surface area contributed by atoms with Crippen LogP contribution < -0.4 is 4.90 Å². The number of aryl methyl sites for hydroxylation is 1. The van der Waals surface area contributed by atoms with Crippen molar-refractivity contribution in [2.75, 3.05) is 18.6 Å². The third kappa shape index (κ3) is 4.08. The first-order valence-electron chi connectivity index (χ1n) is 7.14. The van der Waals surface area contributed by atoms with E-state index in [9.17, 15) is 14.0 Å². The maximum absolute atomic E-state index is 13.2. The molecule has 0 bridgehead atoms. The lowest BCUT2D eigenvalue weighted by Gasteiger charge is -2.16. The van der Waals surface area contributed by atoms with Crippen molar-refractivity contribution in [3.05, 3.63) is 40.4 Å². The highest BCUT2D eigenvalue weighted by atomic mass is 35.5. The molecule has 2 rings (SSSR count). The van der Waals surface area contributed by atoms with Crippen LogP contribution in [0.15, 0.2) is 22.8 Å². The number of amides is 1. The van der Waals surface area contributed by atoms with Crippen LogP contribution in [-0.2, 0) is 16.0 Å². The molecule has 0 aliphatic carbocycles. The van der Waals surface area contributed by atoms with Crippen LogP contribution in [-0.4, -0.2) is 35.8 Å². The molecule has 0 saturated heterocycles. The number of aromatic nitrogens is 2. The van der Waals surface area contributed by atoms with Gasteiger partial charge >= 0.3 is 5.97 Å². The zero-order valence-corrected chi connectivity index (χ0v) is 13.8. The van der Waals surface area contributed by atoms with Crippen molar-refractivity contribution in [2.24, 2.45) is 0 Å². The zero-order valence-electron chi connectivity index (χ0n) is 13.1. The third-order valence-electron chi connectivity index (χ3n) is 3.23. The van der Waals surface area contributed by atoms with Gasteiger partial charge in [-0.3, -0.25) is 9.59 Å². The fourth-order valence-corrected chi connectivity index (χ4v) is 2.13. The predicted octanol–water partition coefficient (Wildman–Crippen LogP) is 2.63. The van der Waals surface area contributed by atoms with Crippen LogP contribution in [0.1, 0.15) is 29.5 Å². The Balaban J connectivity index is 2.13. The Kier molecular flexibility index (Phi) is 5.86. The predicted molar refractivity (Wildman–Crippen MR) is 83.4 cm³/mol. The molecule has 1 aromatic heterocycles. The number of ether oxygens (including phenoxy) is 1. The summed E-state index contributed by atoms with van der Waals surface area (Å²) in [6, 6.07) is 3.88. The summed E-state index contributed by atoms with van der Waals surface area (Å²) in [4.78, 5) is 25.1. The Morgan fingerprint density at radius 2 is 2.12 bits per heavy atom. The molecule has 0 spiro atoms. The molecule has 0 aliphatic heterocycles. The number of carbonyl (C=O) groups is 2. The highest BCUT2D eigenvalue weighted by Gasteiger charge is 2.23. The minimum atomic E-state index is -0.584. The van der Waals surface area contributed by atoms with Gasteiger partial charge in [-0.25, -0.2) is 9.02 Å². The van der Waals surface area contributed by atoms with Crippen molar-refractivity contribution in [3.63, 3.8) is 0 Å². The molecule has 0 radical (unpaired) electrons. The van der Waals surface area contributed by atoms with E-state index in [-0.39, 0.29) is 35.9 Å². The summed E-state index contributed by atoms with van der Waals surface area (Å²) in [6.45, 7) is 1.98. The summed E-state index contributed by atoms with van der Waals surface area (Å²) in [5, 5.41) is 7.14. The minimum absolute atomic E-state index is 0.0257. The molecule has 0 saturated carbocycles. The Morgan fingerprint density at radius 3 is 2.79 bits per heavy atom. The molecule has 1 aromatic carbocycles. The largest absolute Gasteiger partial charge is 0.466 e. The number of hydrogen-bond donors (Lipinski definition) is 0. The number of nitrogens with zero attached hydrogens (tertiary/aromatic N) is 3. The SMILES string of the molecule is CCOC(=O)CCc1nonc1C(=O)N(C)c1ccc(F)c(Cl)c1. The molecule has 2 aromatic rings. The van der Waals surface area contributed by atoms with Gasteiger partial charge in [-0.2, -0.15) is 0 Å². The standard InChI is InChI=1S/C15H15ClFN3O4/c1-3-23-13(21)7-6-12-14(19-24-18-12)15(22)20(2)9-4-5-11(17)10(16)8-9/h4-5,8H,3,6-7H2,1-2H3. The molecule has 128 valence electrons. The Hall–Kier alpha value is -2.48. The van der Waals surface area contributed by atoms with Crippen molar-refractivity contribution < 1.29 is 23.3 Å². The summed E-state index contributed by atoms with van der Waals surface area (Å²) in [5.74, 6) is -1.50. The molecule has 0 atom stereocenters. The number of halogens is 2. The van der Waals surface area contributed by atoms with E-state index in [4.69, 9.17) is 16.3 Å². The van der Waals surface area contributed by atoms with Crippen molar-refractivity contribution >= 4 is 29.2 Å². The van der Waals surface area contributed by atoms with Crippen LogP contribution >= 0.6 is 11.6 Å². The normalized spacial score (nSPS) is 10.5. The van der Waals surface area contributed by atoms with Crippen molar-refractivity contribution in [2.45, 2.75) is 19.8 Å². The Bertz CT molecular complexity index is 750. The summed E-state index contributed by atoms with van der Waals surface area (Å²) >= 11 is 5.72. The van der Waals surface area contributed by atoms with E-state index in [2.05, 4.69) is 14.9 Å². The lowest BCUT2D eigenvalue weighted by molar-refractivity contribution is -0.143. The number of rotatable bonds is 6. The topological polar surface area (TPSA) is 85.5 Å². The van der Waals surface area contributed by atoms with E-state index in [0.717, 1.165) is 6.07 Å². The van der Waals surface area contributed by atoms with Gasteiger partial charge in [0.25, 0.3) is 5.91 Å². The molecule has 1 amide bonds. The van der Waals surface area contributed by atoms with Gasteiger partial charge in [0.15, 0.2) is 5.69 Å². The van der Waals surface area contributed by atoms with E-state index in [1.807, 2.05) is 0 Å². The number of hydrogen-bond acceptors (Lipinski definition) is 6. The van der Waals surface area contributed by atoms with Gasteiger partial charge < -0.3 is 9.64 Å².